The van der Waals surface area contributed by atoms with Gasteiger partial charge >= 0.3 is 0 Å². The largest absolute Gasteiger partial charge is 0.493 e. The van der Waals surface area contributed by atoms with Crippen LogP contribution in [0, 0.1) is 6.92 Å². The molecule has 1 amide bonds. The minimum absolute atomic E-state index is 0.169. The van der Waals surface area contributed by atoms with Gasteiger partial charge in [-0.2, -0.15) is 0 Å². The lowest BCUT2D eigenvalue weighted by Gasteiger charge is -2.28. The number of aliphatic imine (C=N–C) groups is 1. The zero-order valence-electron chi connectivity index (χ0n) is 15.7. The molecule has 1 atom stereocenters. The number of aryl methyl sites for hydroxylation is 1. The van der Waals surface area contributed by atoms with Crippen LogP contribution in [0.4, 0.5) is 0 Å². The molecule has 1 aliphatic rings. The molecule has 0 radical (unpaired) electrons. The number of nitrogens with one attached hydrogen (secondary N) is 3. The Balaban J connectivity index is 1.41. The standard InChI is InChI=1S/C20H26N4O3/c1-14-8-12-27-18(14)19(25)22-10-5-11-23-20(21-2)24-16-9-13-26-17-7-4-3-6-15(16)17/h3-4,6-8,12,16H,5,9-11,13H2,1-2H3,(H,22,25)(H2,21,23,24). The number of carbonyl (C=O) groups excluding carboxylic acids is 1. The smallest absolute Gasteiger partial charge is 0.287 e. The van der Waals surface area contributed by atoms with Gasteiger partial charge in [-0.25, -0.2) is 0 Å². The molecule has 7 nitrogen and oxygen atoms in total. The van der Waals surface area contributed by atoms with Gasteiger partial charge in [0.1, 0.15) is 5.75 Å². The molecule has 2 heterocycles. The molecule has 0 saturated carbocycles. The predicted molar refractivity (Wildman–Crippen MR) is 104 cm³/mol. The molecule has 0 aliphatic carbocycles. The van der Waals surface area contributed by atoms with E-state index in [0.717, 1.165) is 35.7 Å². The van der Waals surface area contributed by atoms with Crippen molar-refractivity contribution in [3.05, 3.63) is 53.5 Å². The third-order valence-corrected chi connectivity index (χ3v) is 4.49. The van der Waals surface area contributed by atoms with Gasteiger partial charge < -0.3 is 25.1 Å². The molecule has 0 bridgehead atoms. The van der Waals surface area contributed by atoms with Crippen LogP contribution < -0.4 is 20.7 Å². The number of para-hydroxylation sites is 1. The van der Waals surface area contributed by atoms with Crippen molar-refractivity contribution in [1.29, 1.82) is 0 Å². The van der Waals surface area contributed by atoms with Crippen LogP contribution in [0.5, 0.6) is 5.75 Å². The first-order valence-corrected chi connectivity index (χ1v) is 9.20. The number of guanidine groups is 1. The van der Waals surface area contributed by atoms with E-state index in [4.69, 9.17) is 9.15 Å². The van der Waals surface area contributed by atoms with Crippen molar-refractivity contribution < 1.29 is 13.9 Å². The van der Waals surface area contributed by atoms with E-state index in [0.29, 0.717) is 25.5 Å². The maximum absolute atomic E-state index is 12.0. The molecule has 1 aliphatic heterocycles. The summed E-state index contributed by atoms with van der Waals surface area (Å²) in [6, 6.07) is 10.0. The van der Waals surface area contributed by atoms with E-state index in [1.165, 1.54) is 6.26 Å². The van der Waals surface area contributed by atoms with Crippen LogP contribution in [0.15, 0.2) is 46.0 Å². The Morgan fingerprint density at radius 3 is 2.81 bits per heavy atom. The molecule has 0 fully saturated rings. The third-order valence-electron chi connectivity index (χ3n) is 4.49. The normalized spacial score (nSPS) is 16.2. The Hall–Kier alpha value is -2.96. The van der Waals surface area contributed by atoms with Crippen molar-refractivity contribution in [2.45, 2.75) is 25.8 Å². The van der Waals surface area contributed by atoms with Crippen LogP contribution in [-0.4, -0.2) is 38.6 Å². The lowest BCUT2D eigenvalue weighted by Crippen LogP contribution is -2.42. The van der Waals surface area contributed by atoms with E-state index in [9.17, 15) is 4.79 Å². The van der Waals surface area contributed by atoms with Crippen LogP contribution in [0.3, 0.4) is 0 Å². The number of amides is 1. The number of hydrogen-bond acceptors (Lipinski definition) is 4. The predicted octanol–water partition coefficient (Wildman–Crippen LogP) is 2.40. The Labute approximate surface area is 159 Å². The summed E-state index contributed by atoms with van der Waals surface area (Å²) in [7, 11) is 1.75. The minimum Gasteiger partial charge on any atom is -0.493 e. The quantitative estimate of drug-likeness (QED) is 0.413. The summed E-state index contributed by atoms with van der Waals surface area (Å²) in [4.78, 5) is 16.3. The molecule has 144 valence electrons. The first-order chi connectivity index (χ1) is 13.2. The molecule has 3 N–H and O–H groups in total. The zero-order valence-corrected chi connectivity index (χ0v) is 15.7. The third kappa shape index (κ3) is 4.81. The Bertz CT molecular complexity index is 800. The van der Waals surface area contributed by atoms with Crippen molar-refractivity contribution in [3.63, 3.8) is 0 Å². The fraction of sp³-hybridized carbons (Fsp3) is 0.400. The molecule has 2 aromatic rings. The van der Waals surface area contributed by atoms with Crippen molar-refractivity contribution >= 4 is 11.9 Å². The van der Waals surface area contributed by atoms with Gasteiger partial charge in [0, 0.05) is 37.7 Å². The molecule has 1 aromatic heterocycles. The minimum atomic E-state index is -0.182. The lowest BCUT2D eigenvalue weighted by molar-refractivity contribution is 0.0925. The average molecular weight is 370 g/mol. The van der Waals surface area contributed by atoms with Gasteiger partial charge in [0.05, 0.1) is 18.9 Å². The van der Waals surface area contributed by atoms with Crippen LogP contribution in [0.25, 0.3) is 0 Å². The van der Waals surface area contributed by atoms with E-state index >= 15 is 0 Å². The monoisotopic (exact) mass is 370 g/mol. The fourth-order valence-corrected chi connectivity index (χ4v) is 3.03. The van der Waals surface area contributed by atoms with Crippen molar-refractivity contribution in [1.82, 2.24) is 16.0 Å². The second kappa shape index (κ2) is 9.12. The number of benzene rings is 1. The number of furan rings is 1. The van der Waals surface area contributed by atoms with Crippen LogP contribution in [0.2, 0.25) is 0 Å². The highest BCUT2D eigenvalue weighted by Crippen LogP contribution is 2.31. The summed E-state index contributed by atoms with van der Waals surface area (Å²) in [6.07, 6.45) is 3.18. The van der Waals surface area contributed by atoms with E-state index in [1.54, 1.807) is 13.1 Å². The molecule has 0 spiro atoms. The van der Waals surface area contributed by atoms with Crippen LogP contribution >= 0.6 is 0 Å². The van der Waals surface area contributed by atoms with Gasteiger partial charge in [0.25, 0.3) is 5.91 Å². The summed E-state index contributed by atoms with van der Waals surface area (Å²) < 4.78 is 10.9. The summed E-state index contributed by atoms with van der Waals surface area (Å²) in [5.41, 5.74) is 1.99. The molecule has 3 rings (SSSR count). The van der Waals surface area contributed by atoms with Gasteiger partial charge in [-0.1, -0.05) is 18.2 Å². The molecule has 0 saturated heterocycles. The van der Waals surface area contributed by atoms with Gasteiger partial charge in [0.2, 0.25) is 0 Å². The van der Waals surface area contributed by atoms with Gasteiger partial charge in [-0.15, -0.1) is 0 Å². The summed E-state index contributed by atoms with van der Waals surface area (Å²) >= 11 is 0. The Morgan fingerprint density at radius 1 is 1.22 bits per heavy atom. The average Bonchev–Trinajstić information content (AvgIpc) is 3.13. The zero-order chi connectivity index (χ0) is 19.1. The number of rotatable bonds is 6. The lowest BCUT2D eigenvalue weighted by atomic mass is 10.0. The Kier molecular flexibility index (Phi) is 6.35. The number of ether oxygens (including phenoxy) is 1. The maximum atomic E-state index is 12.0. The van der Waals surface area contributed by atoms with Gasteiger partial charge in [0.15, 0.2) is 11.7 Å². The summed E-state index contributed by atoms with van der Waals surface area (Å²) in [6.45, 7) is 3.79. The van der Waals surface area contributed by atoms with Crippen LogP contribution in [-0.2, 0) is 0 Å². The first kappa shape index (κ1) is 18.8. The second-order valence-electron chi connectivity index (χ2n) is 6.41. The van der Waals surface area contributed by atoms with Gasteiger partial charge in [-0.3, -0.25) is 9.79 Å². The van der Waals surface area contributed by atoms with Crippen molar-refractivity contribution in [3.8, 4) is 5.75 Å². The van der Waals surface area contributed by atoms with Crippen LogP contribution in [0.1, 0.15) is 40.6 Å². The highest BCUT2D eigenvalue weighted by molar-refractivity contribution is 5.92. The topological polar surface area (TPSA) is 87.9 Å². The number of carbonyl (C=O) groups is 1. The second-order valence-corrected chi connectivity index (χ2v) is 6.41. The number of nitrogens with zero attached hydrogens (tertiary/aromatic N) is 1. The maximum Gasteiger partial charge on any atom is 0.287 e. The first-order valence-electron chi connectivity index (χ1n) is 9.20. The van der Waals surface area contributed by atoms with E-state index < -0.39 is 0 Å². The fourth-order valence-electron chi connectivity index (χ4n) is 3.03. The molecular weight excluding hydrogens is 344 g/mol. The van der Waals surface area contributed by atoms with Gasteiger partial charge in [-0.05, 0) is 25.5 Å². The van der Waals surface area contributed by atoms with E-state index in [2.05, 4.69) is 27.0 Å². The van der Waals surface area contributed by atoms with Crippen molar-refractivity contribution in [2.75, 3.05) is 26.7 Å². The highest BCUT2D eigenvalue weighted by Gasteiger charge is 2.21. The highest BCUT2D eigenvalue weighted by atomic mass is 16.5. The molecule has 7 heteroatoms. The van der Waals surface area contributed by atoms with E-state index in [-0.39, 0.29) is 11.9 Å². The van der Waals surface area contributed by atoms with Crippen molar-refractivity contribution in [2.24, 2.45) is 4.99 Å². The Morgan fingerprint density at radius 2 is 2.04 bits per heavy atom. The summed E-state index contributed by atoms with van der Waals surface area (Å²) in [5.74, 6) is 1.86. The molecule has 1 unspecified atom stereocenters. The number of fused-ring (bicyclic) bond motifs is 1. The summed E-state index contributed by atoms with van der Waals surface area (Å²) in [5, 5.41) is 9.60. The molecular formula is C20H26N4O3. The SMILES string of the molecule is CN=C(NCCCNC(=O)c1occc1C)NC1CCOc2ccccc21. The molecule has 27 heavy (non-hydrogen) atoms. The van der Waals surface area contributed by atoms with E-state index in [1.807, 2.05) is 25.1 Å². The molecule has 1 aromatic carbocycles. The number of hydrogen-bond donors (Lipinski definition) is 3.